The van der Waals surface area contributed by atoms with Crippen molar-refractivity contribution in [2.24, 2.45) is 5.10 Å². The molecule has 1 saturated heterocycles. The van der Waals surface area contributed by atoms with Gasteiger partial charge in [0.1, 0.15) is 12.4 Å². The van der Waals surface area contributed by atoms with E-state index < -0.39 is 30.2 Å². The standard InChI is InChI=1S/C28H25F3N2O5/c29-28(30,31)22-8-4-9-23(16-22)33(32-17-20-6-2-1-3-7-20)26(34)19-38-27(35)21-11-13-24(14-12-21)37-18-25-10-5-15-36-25/h1-4,6-9,11-14,16-17,25H,5,10,15,18-19H2/b32-17-/t25-/m1/s1. The second-order valence-electron chi connectivity index (χ2n) is 8.46. The summed E-state index contributed by atoms with van der Waals surface area (Å²) in [5.74, 6) is -1.06. The van der Waals surface area contributed by atoms with Crippen molar-refractivity contribution < 1.29 is 37.0 Å². The van der Waals surface area contributed by atoms with Crippen LogP contribution < -0.4 is 9.75 Å². The molecule has 3 aromatic carbocycles. The van der Waals surface area contributed by atoms with Crippen LogP contribution >= 0.6 is 0 Å². The average Bonchev–Trinajstić information content (AvgIpc) is 3.45. The molecule has 0 aliphatic carbocycles. The van der Waals surface area contributed by atoms with Crippen molar-refractivity contribution in [3.63, 3.8) is 0 Å². The molecule has 0 aromatic heterocycles. The molecular formula is C28H25F3N2O5. The maximum Gasteiger partial charge on any atom is 0.416 e. The van der Waals surface area contributed by atoms with E-state index in [9.17, 15) is 22.8 Å². The molecule has 0 radical (unpaired) electrons. The van der Waals surface area contributed by atoms with Crippen LogP contribution in [0, 0.1) is 0 Å². The van der Waals surface area contributed by atoms with Gasteiger partial charge in [0, 0.05) is 6.61 Å². The summed E-state index contributed by atoms with van der Waals surface area (Å²) in [4.78, 5) is 25.5. The third-order valence-electron chi connectivity index (χ3n) is 5.65. The Hall–Kier alpha value is -4.18. The smallest absolute Gasteiger partial charge is 0.416 e. The zero-order valence-electron chi connectivity index (χ0n) is 20.3. The topological polar surface area (TPSA) is 77.4 Å². The summed E-state index contributed by atoms with van der Waals surface area (Å²) in [5, 5.41) is 4.85. The van der Waals surface area contributed by atoms with Crippen LogP contribution in [0.5, 0.6) is 5.75 Å². The molecule has 7 nitrogen and oxygen atoms in total. The number of benzene rings is 3. The Morgan fingerprint density at radius 3 is 2.47 bits per heavy atom. The van der Waals surface area contributed by atoms with E-state index in [0.29, 0.717) is 17.9 Å². The van der Waals surface area contributed by atoms with E-state index in [2.05, 4.69) is 5.10 Å². The number of nitrogens with zero attached hydrogens (tertiary/aromatic N) is 2. The third kappa shape index (κ3) is 7.42. The zero-order chi connectivity index (χ0) is 27.0. The van der Waals surface area contributed by atoms with Crippen molar-refractivity contribution in [1.29, 1.82) is 0 Å². The molecule has 1 fully saturated rings. The largest absolute Gasteiger partial charge is 0.491 e. The molecule has 3 aromatic rings. The van der Waals surface area contributed by atoms with Crippen LogP contribution in [0.4, 0.5) is 18.9 Å². The zero-order valence-corrected chi connectivity index (χ0v) is 20.3. The summed E-state index contributed by atoms with van der Waals surface area (Å²) in [6.45, 7) is 0.395. The molecule has 1 amide bonds. The molecule has 0 saturated carbocycles. The predicted molar refractivity (Wildman–Crippen MR) is 134 cm³/mol. The number of hydrogen-bond acceptors (Lipinski definition) is 6. The first-order chi connectivity index (χ1) is 18.3. The molecule has 0 N–H and O–H groups in total. The Bertz CT molecular complexity index is 1260. The Kier molecular flexibility index (Phi) is 8.75. The number of rotatable bonds is 9. The van der Waals surface area contributed by atoms with Gasteiger partial charge in [0.05, 0.1) is 29.1 Å². The summed E-state index contributed by atoms with van der Waals surface area (Å²) >= 11 is 0. The molecule has 198 valence electrons. The minimum atomic E-state index is -4.61. The number of alkyl halides is 3. The fourth-order valence-corrected chi connectivity index (χ4v) is 3.68. The van der Waals surface area contributed by atoms with Crippen LogP contribution in [0.2, 0.25) is 0 Å². The molecule has 1 heterocycles. The van der Waals surface area contributed by atoms with Crippen molar-refractivity contribution in [1.82, 2.24) is 0 Å². The van der Waals surface area contributed by atoms with E-state index in [1.807, 2.05) is 0 Å². The van der Waals surface area contributed by atoms with E-state index in [-0.39, 0.29) is 17.4 Å². The maximum absolute atomic E-state index is 13.3. The van der Waals surface area contributed by atoms with Crippen molar-refractivity contribution in [2.45, 2.75) is 25.1 Å². The van der Waals surface area contributed by atoms with Gasteiger partial charge in [-0.05, 0) is 60.9 Å². The molecule has 0 spiro atoms. The minimum Gasteiger partial charge on any atom is -0.491 e. The Morgan fingerprint density at radius 1 is 1.03 bits per heavy atom. The Balaban J connectivity index is 1.42. The molecule has 1 aliphatic heterocycles. The lowest BCUT2D eigenvalue weighted by Crippen LogP contribution is -2.31. The van der Waals surface area contributed by atoms with Gasteiger partial charge in [-0.1, -0.05) is 36.4 Å². The number of ether oxygens (including phenoxy) is 3. The fourth-order valence-electron chi connectivity index (χ4n) is 3.68. The summed E-state index contributed by atoms with van der Waals surface area (Å²) in [5.41, 5.74) is -0.265. The highest BCUT2D eigenvalue weighted by Gasteiger charge is 2.31. The lowest BCUT2D eigenvalue weighted by molar-refractivity contribution is -0.137. The Morgan fingerprint density at radius 2 is 1.79 bits per heavy atom. The summed E-state index contributed by atoms with van der Waals surface area (Å²) in [6.07, 6.45) is -1.30. The van der Waals surface area contributed by atoms with Crippen LogP contribution in [0.1, 0.15) is 34.3 Å². The molecule has 1 aliphatic rings. The van der Waals surface area contributed by atoms with Gasteiger partial charge in [0.15, 0.2) is 6.61 Å². The monoisotopic (exact) mass is 526 g/mol. The number of carbonyl (C=O) groups is 2. The van der Waals surface area contributed by atoms with E-state index >= 15 is 0 Å². The quantitative estimate of drug-likeness (QED) is 0.209. The van der Waals surface area contributed by atoms with E-state index in [1.165, 1.54) is 30.5 Å². The van der Waals surface area contributed by atoms with Gasteiger partial charge in [-0.3, -0.25) is 4.79 Å². The van der Waals surface area contributed by atoms with Crippen LogP contribution in [-0.4, -0.2) is 44.0 Å². The number of amides is 1. The fraction of sp³-hybridized carbons (Fsp3) is 0.250. The first-order valence-corrected chi connectivity index (χ1v) is 11.9. The third-order valence-corrected chi connectivity index (χ3v) is 5.65. The minimum absolute atomic E-state index is 0.0509. The van der Waals surface area contributed by atoms with Crippen LogP contribution in [0.15, 0.2) is 84.0 Å². The average molecular weight is 527 g/mol. The SMILES string of the molecule is O=C(OCC(=O)N(/N=C\c1ccccc1)c1cccc(C(F)(F)F)c1)c1ccc(OC[C@H]2CCCO2)cc1. The number of hydrazone groups is 1. The molecular weight excluding hydrogens is 501 g/mol. The van der Waals surface area contributed by atoms with Gasteiger partial charge in [-0.25, -0.2) is 4.79 Å². The van der Waals surface area contributed by atoms with E-state index in [0.717, 1.165) is 36.6 Å². The first-order valence-electron chi connectivity index (χ1n) is 11.9. The van der Waals surface area contributed by atoms with Crippen LogP contribution in [0.25, 0.3) is 0 Å². The van der Waals surface area contributed by atoms with Gasteiger partial charge in [0.25, 0.3) is 5.91 Å². The maximum atomic E-state index is 13.3. The van der Waals surface area contributed by atoms with Crippen LogP contribution in [-0.2, 0) is 20.4 Å². The molecule has 1 atom stereocenters. The van der Waals surface area contributed by atoms with E-state index in [1.54, 1.807) is 42.5 Å². The number of halogens is 3. The van der Waals surface area contributed by atoms with Gasteiger partial charge < -0.3 is 14.2 Å². The summed E-state index contributed by atoms with van der Waals surface area (Å²) in [7, 11) is 0. The predicted octanol–water partition coefficient (Wildman–Crippen LogP) is 5.49. The van der Waals surface area contributed by atoms with Crippen molar-refractivity contribution >= 4 is 23.8 Å². The summed E-state index contributed by atoms with van der Waals surface area (Å²) in [6, 6.07) is 19.1. The highest BCUT2D eigenvalue weighted by Crippen LogP contribution is 2.32. The molecule has 38 heavy (non-hydrogen) atoms. The number of anilines is 1. The van der Waals surface area contributed by atoms with Crippen molar-refractivity contribution in [3.05, 3.63) is 95.6 Å². The number of esters is 1. The molecule has 10 heteroatoms. The molecule has 0 bridgehead atoms. The van der Waals surface area contributed by atoms with Gasteiger partial charge >= 0.3 is 12.1 Å². The Labute approximate surface area is 217 Å². The van der Waals surface area contributed by atoms with Crippen molar-refractivity contribution in [3.8, 4) is 5.75 Å². The lowest BCUT2D eigenvalue weighted by atomic mass is 10.2. The van der Waals surface area contributed by atoms with Gasteiger partial charge in [-0.15, -0.1) is 0 Å². The second kappa shape index (κ2) is 12.4. The number of carbonyl (C=O) groups excluding carboxylic acids is 2. The lowest BCUT2D eigenvalue weighted by Gasteiger charge is -2.18. The normalized spacial score (nSPS) is 15.4. The highest BCUT2D eigenvalue weighted by molar-refractivity contribution is 5.98. The molecule has 0 unspecified atom stereocenters. The van der Waals surface area contributed by atoms with Gasteiger partial charge in [0.2, 0.25) is 0 Å². The molecule has 4 rings (SSSR count). The second-order valence-corrected chi connectivity index (χ2v) is 8.46. The van der Waals surface area contributed by atoms with E-state index in [4.69, 9.17) is 14.2 Å². The summed E-state index contributed by atoms with van der Waals surface area (Å²) < 4.78 is 56.1. The first kappa shape index (κ1) is 26.9. The van der Waals surface area contributed by atoms with Crippen LogP contribution in [0.3, 0.4) is 0 Å². The van der Waals surface area contributed by atoms with Gasteiger partial charge in [-0.2, -0.15) is 23.3 Å². The van der Waals surface area contributed by atoms with Crippen molar-refractivity contribution in [2.75, 3.05) is 24.8 Å². The highest BCUT2D eigenvalue weighted by atomic mass is 19.4. The number of hydrogen-bond donors (Lipinski definition) is 0.